The Hall–Kier alpha value is -2.09. The van der Waals surface area contributed by atoms with Crippen LogP contribution in [0.15, 0.2) is 68.6 Å². The number of aryl methyl sites for hydroxylation is 1. The Kier molecular flexibility index (Phi) is 5.31. The van der Waals surface area contributed by atoms with Crippen molar-refractivity contribution in [2.45, 2.75) is 13.5 Å². The molecule has 0 aliphatic heterocycles. The van der Waals surface area contributed by atoms with E-state index in [2.05, 4.69) is 36.8 Å². The Balaban J connectivity index is 1.79. The molecule has 0 radical (unpaired) electrons. The van der Waals surface area contributed by atoms with Crippen LogP contribution in [-0.4, -0.2) is 15.3 Å². The predicted octanol–water partition coefficient (Wildman–Crippen LogP) is 5.84. The van der Waals surface area contributed by atoms with Crippen LogP contribution in [-0.2, 0) is 6.54 Å². The van der Waals surface area contributed by atoms with E-state index in [1.54, 1.807) is 12.1 Å². The second-order valence-corrected chi connectivity index (χ2v) is 9.36. The molecule has 0 saturated carbocycles. The zero-order valence-electron chi connectivity index (χ0n) is 14.8. The molecule has 0 fully saturated rings. The first-order chi connectivity index (χ1) is 13.4. The first kappa shape index (κ1) is 19.2. The van der Waals surface area contributed by atoms with Crippen molar-refractivity contribution in [1.29, 1.82) is 0 Å². The maximum Gasteiger partial charge on any atom is 0.263 e. The minimum atomic E-state index is -0.197. The molecule has 4 nitrogen and oxygen atoms in total. The number of aromatic nitrogens is 2. The molecule has 2 aromatic heterocycles. The molecule has 2 heterocycles. The second-order valence-electron chi connectivity index (χ2n) is 6.33. The number of carbonyl (C=O) groups is 1. The van der Waals surface area contributed by atoms with Gasteiger partial charge in [0.2, 0.25) is 0 Å². The average Bonchev–Trinajstić information content (AvgIpc) is 3.02. The van der Waals surface area contributed by atoms with Crippen LogP contribution in [0.25, 0.3) is 21.3 Å². The molecule has 4 rings (SSSR count). The quantitative estimate of drug-likeness (QED) is 0.319. The Morgan fingerprint density at radius 1 is 1.04 bits per heavy atom. The van der Waals surface area contributed by atoms with E-state index in [-0.39, 0.29) is 17.9 Å². The third-order valence-electron chi connectivity index (χ3n) is 4.47. The minimum Gasteiger partial charge on any atom is -0.292 e. The number of ketones is 1. The van der Waals surface area contributed by atoms with Crippen molar-refractivity contribution in [3.63, 3.8) is 0 Å². The molecule has 0 bridgehead atoms. The van der Waals surface area contributed by atoms with Crippen LogP contribution in [0.3, 0.4) is 0 Å². The van der Waals surface area contributed by atoms with Gasteiger partial charge in [-0.25, -0.2) is 4.98 Å². The summed E-state index contributed by atoms with van der Waals surface area (Å²) in [5.41, 5.74) is 2.21. The molecule has 140 valence electrons. The molecule has 0 amide bonds. The summed E-state index contributed by atoms with van der Waals surface area (Å²) in [6.45, 7) is 1.94. The maximum absolute atomic E-state index is 13.2. The first-order valence-electron chi connectivity index (χ1n) is 8.47. The third kappa shape index (κ3) is 3.62. The Morgan fingerprint density at radius 2 is 1.64 bits per heavy atom. The number of benzene rings is 2. The first-order valence-corrected chi connectivity index (χ1v) is 10.9. The number of hydrogen-bond donors (Lipinski definition) is 0. The lowest BCUT2D eigenvalue weighted by molar-refractivity contribution is 0.0970. The molecular weight excluding hydrogens is 504 g/mol. The van der Waals surface area contributed by atoms with E-state index in [4.69, 9.17) is 0 Å². The van der Waals surface area contributed by atoms with Crippen LogP contribution in [0.2, 0.25) is 0 Å². The van der Waals surface area contributed by atoms with Gasteiger partial charge in [-0.2, -0.15) is 0 Å². The van der Waals surface area contributed by atoms with Gasteiger partial charge in [0.1, 0.15) is 4.83 Å². The van der Waals surface area contributed by atoms with E-state index in [0.717, 1.165) is 24.9 Å². The molecule has 0 aliphatic carbocycles. The molecule has 0 aliphatic rings. The molecule has 0 N–H and O–H groups in total. The lowest BCUT2D eigenvalue weighted by atomic mass is 10.0. The van der Waals surface area contributed by atoms with Crippen LogP contribution in [0.4, 0.5) is 0 Å². The molecule has 7 heteroatoms. The second kappa shape index (κ2) is 7.73. The van der Waals surface area contributed by atoms with Crippen molar-refractivity contribution < 1.29 is 4.79 Å². The van der Waals surface area contributed by atoms with Crippen molar-refractivity contribution in [2.75, 3.05) is 0 Å². The predicted molar refractivity (Wildman–Crippen MR) is 120 cm³/mol. The summed E-state index contributed by atoms with van der Waals surface area (Å²) < 4.78 is 3.27. The van der Waals surface area contributed by atoms with E-state index < -0.39 is 0 Å². The van der Waals surface area contributed by atoms with Crippen LogP contribution >= 0.6 is 43.2 Å². The molecule has 28 heavy (non-hydrogen) atoms. The lowest BCUT2D eigenvalue weighted by Crippen LogP contribution is -2.24. The third-order valence-corrected chi connectivity index (χ3v) is 6.54. The zero-order chi connectivity index (χ0) is 19.8. The van der Waals surface area contributed by atoms with Gasteiger partial charge in [-0.3, -0.25) is 14.2 Å². The highest BCUT2D eigenvalue weighted by molar-refractivity contribution is 9.10. The van der Waals surface area contributed by atoms with Crippen molar-refractivity contribution in [1.82, 2.24) is 9.55 Å². The number of nitrogens with zero attached hydrogens (tertiary/aromatic N) is 2. The smallest absolute Gasteiger partial charge is 0.263 e. The molecule has 0 atom stereocenters. The molecule has 0 spiro atoms. The minimum absolute atomic E-state index is 0.0436. The molecule has 2 aromatic carbocycles. The van der Waals surface area contributed by atoms with Gasteiger partial charge in [-0.05, 0) is 36.8 Å². The largest absolute Gasteiger partial charge is 0.292 e. The standard InChI is InChI=1S/C21H14Br2N2O2S/c1-12-18(14-4-8-16(23)9-5-14)19-20(28-12)24-11-25(21(19)27)10-17(26)13-2-6-15(22)7-3-13/h2-9,11H,10H2,1H3. The van der Waals surface area contributed by atoms with E-state index in [1.165, 1.54) is 22.2 Å². The number of rotatable bonds is 4. The van der Waals surface area contributed by atoms with Gasteiger partial charge in [0.15, 0.2) is 5.78 Å². The molecule has 4 aromatic rings. The summed E-state index contributed by atoms with van der Waals surface area (Å²) in [5.74, 6) is -0.132. The summed E-state index contributed by atoms with van der Waals surface area (Å²) in [5, 5.41) is 0.566. The molecule has 0 saturated heterocycles. The maximum atomic E-state index is 13.2. The highest BCUT2D eigenvalue weighted by atomic mass is 79.9. The number of hydrogen-bond acceptors (Lipinski definition) is 4. The van der Waals surface area contributed by atoms with E-state index >= 15 is 0 Å². The zero-order valence-corrected chi connectivity index (χ0v) is 18.8. The van der Waals surface area contributed by atoms with Crippen LogP contribution < -0.4 is 5.56 Å². The number of carbonyl (C=O) groups excluding carboxylic acids is 1. The van der Waals surface area contributed by atoms with Gasteiger partial charge in [-0.1, -0.05) is 56.1 Å². The Bertz CT molecular complexity index is 1240. The fourth-order valence-electron chi connectivity index (χ4n) is 3.10. The van der Waals surface area contributed by atoms with Gasteiger partial charge < -0.3 is 0 Å². The highest BCUT2D eigenvalue weighted by Crippen LogP contribution is 2.35. The summed E-state index contributed by atoms with van der Waals surface area (Å²) >= 11 is 8.29. The topological polar surface area (TPSA) is 52.0 Å². The van der Waals surface area contributed by atoms with Crippen LogP contribution in [0.5, 0.6) is 0 Å². The van der Waals surface area contributed by atoms with Crippen molar-refractivity contribution in [3.05, 3.63) is 84.6 Å². The van der Waals surface area contributed by atoms with Gasteiger partial charge in [-0.15, -0.1) is 11.3 Å². The van der Waals surface area contributed by atoms with E-state index in [9.17, 15) is 9.59 Å². The molecule has 0 unspecified atom stereocenters. The lowest BCUT2D eigenvalue weighted by Gasteiger charge is -2.07. The van der Waals surface area contributed by atoms with Crippen LogP contribution in [0, 0.1) is 6.92 Å². The number of Topliss-reactive ketones (excluding diaryl/α,β-unsaturated/α-hetero) is 1. The number of halogens is 2. The van der Waals surface area contributed by atoms with Crippen LogP contribution in [0.1, 0.15) is 15.2 Å². The van der Waals surface area contributed by atoms with Gasteiger partial charge >= 0.3 is 0 Å². The summed E-state index contributed by atoms with van der Waals surface area (Å²) in [7, 11) is 0. The normalized spacial score (nSPS) is 11.1. The van der Waals surface area contributed by atoms with Crippen molar-refractivity contribution in [3.8, 4) is 11.1 Å². The number of thiophene rings is 1. The summed E-state index contributed by atoms with van der Waals surface area (Å²) in [4.78, 5) is 31.9. The monoisotopic (exact) mass is 516 g/mol. The van der Waals surface area contributed by atoms with E-state index in [1.807, 2.05) is 43.3 Å². The fourth-order valence-corrected chi connectivity index (χ4v) is 4.63. The molecular formula is C21H14Br2N2O2S. The Labute approximate surface area is 182 Å². The van der Waals surface area contributed by atoms with Crippen molar-refractivity contribution in [2.24, 2.45) is 0 Å². The van der Waals surface area contributed by atoms with Gasteiger partial charge in [0.25, 0.3) is 5.56 Å². The summed E-state index contributed by atoms with van der Waals surface area (Å²) in [6, 6.07) is 15.0. The summed E-state index contributed by atoms with van der Waals surface area (Å²) in [6.07, 6.45) is 1.46. The average molecular weight is 518 g/mol. The fraction of sp³-hybridized carbons (Fsp3) is 0.0952. The van der Waals surface area contributed by atoms with Gasteiger partial charge in [0, 0.05) is 24.9 Å². The SMILES string of the molecule is Cc1sc2ncn(CC(=O)c3ccc(Br)cc3)c(=O)c2c1-c1ccc(Br)cc1. The highest BCUT2D eigenvalue weighted by Gasteiger charge is 2.18. The number of fused-ring (bicyclic) bond motifs is 1. The van der Waals surface area contributed by atoms with Gasteiger partial charge in [0.05, 0.1) is 18.3 Å². The van der Waals surface area contributed by atoms with Crippen molar-refractivity contribution >= 4 is 59.2 Å². The Morgan fingerprint density at radius 3 is 2.29 bits per heavy atom. The van der Waals surface area contributed by atoms with E-state index in [0.29, 0.717) is 15.8 Å².